The number of benzene rings is 1. The summed E-state index contributed by atoms with van der Waals surface area (Å²) in [4.78, 5) is 17.5. The maximum atomic E-state index is 12.3. The topological polar surface area (TPSA) is 35.6 Å². The lowest BCUT2D eigenvalue weighted by Gasteiger charge is -2.40. The van der Waals surface area contributed by atoms with Crippen LogP contribution in [0.3, 0.4) is 0 Å². The van der Waals surface area contributed by atoms with Crippen LogP contribution in [0.1, 0.15) is 38.5 Å². The van der Waals surface area contributed by atoms with Gasteiger partial charge in [-0.2, -0.15) is 11.8 Å². The number of nitrogens with one attached hydrogen (secondary N) is 1. The zero-order chi connectivity index (χ0) is 17.8. The van der Waals surface area contributed by atoms with Crippen molar-refractivity contribution in [2.24, 2.45) is 5.92 Å². The lowest BCUT2D eigenvalue weighted by molar-refractivity contribution is -0.119. The van der Waals surface area contributed by atoms with Gasteiger partial charge in [-0.3, -0.25) is 9.69 Å². The zero-order valence-corrected chi connectivity index (χ0v) is 16.5. The maximum Gasteiger partial charge on any atom is 0.227 e. The first kappa shape index (κ1) is 18.2. The van der Waals surface area contributed by atoms with Crippen molar-refractivity contribution in [3.63, 3.8) is 0 Å². The fourth-order valence-corrected chi connectivity index (χ4v) is 5.55. The molecule has 2 saturated heterocycles. The highest BCUT2D eigenvalue weighted by molar-refractivity contribution is 7.99. The summed E-state index contributed by atoms with van der Waals surface area (Å²) in [6.07, 6.45) is 7.03. The van der Waals surface area contributed by atoms with Crippen LogP contribution >= 0.6 is 11.8 Å². The summed E-state index contributed by atoms with van der Waals surface area (Å²) in [6, 6.07) is 9.24. The van der Waals surface area contributed by atoms with Crippen LogP contribution in [-0.4, -0.2) is 54.5 Å². The number of nitrogens with zero attached hydrogens (tertiary/aromatic N) is 2. The number of rotatable bonds is 4. The van der Waals surface area contributed by atoms with Crippen molar-refractivity contribution in [2.45, 2.75) is 44.6 Å². The van der Waals surface area contributed by atoms with Gasteiger partial charge >= 0.3 is 0 Å². The average molecular weight is 374 g/mol. The summed E-state index contributed by atoms with van der Waals surface area (Å²) in [5.74, 6) is 3.03. The van der Waals surface area contributed by atoms with Crippen LogP contribution in [0.5, 0.6) is 0 Å². The molecule has 4 rings (SSSR count). The average Bonchev–Trinajstić information content (AvgIpc) is 3.25. The first-order valence-corrected chi connectivity index (χ1v) is 11.4. The first-order valence-electron chi connectivity index (χ1n) is 10.3. The van der Waals surface area contributed by atoms with Crippen molar-refractivity contribution in [3.05, 3.63) is 24.3 Å². The van der Waals surface area contributed by atoms with Crippen LogP contribution in [0, 0.1) is 5.92 Å². The van der Waals surface area contributed by atoms with Crippen LogP contribution in [0.25, 0.3) is 0 Å². The molecule has 0 aromatic heterocycles. The number of hydrogen-bond donors (Lipinski definition) is 1. The second-order valence-corrected chi connectivity index (χ2v) is 9.11. The van der Waals surface area contributed by atoms with Gasteiger partial charge in [0, 0.05) is 61.0 Å². The number of carbonyl (C=O) groups is 1. The van der Waals surface area contributed by atoms with Crippen LogP contribution < -0.4 is 10.2 Å². The van der Waals surface area contributed by atoms with E-state index in [0.29, 0.717) is 0 Å². The molecule has 5 heteroatoms. The Hall–Kier alpha value is -1.20. The lowest BCUT2D eigenvalue weighted by Crippen LogP contribution is -2.47. The van der Waals surface area contributed by atoms with E-state index in [1.54, 1.807) is 0 Å². The zero-order valence-electron chi connectivity index (χ0n) is 15.7. The molecule has 0 unspecified atom stereocenters. The number of thioether (sulfide) groups is 1. The molecule has 1 saturated carbocycles. The largest absolute Gasteiger partial charge is 0.371 e. The van der Waals surface area contributed by atoms with E-state index in [1.807, 2.05) is 0 Å². The van der Waals surface area contributed by atoms with Gasteiger partial charge in [-0.15, -0.1) is 0 Å². The highest BCUT2D eigenvalue weighted by atomic mass is 32.2. The first-order chi connectivity index (χ1) is 12.8. The molecule has 1 aromatic rings. The molecular formula is C21H31N3OS. The van der Waals surface area contributed by atoms with E-state index in [-0.39, 0.29) is 11.8 Å². The van der Waals surface area contributed by atoms with Gasteiger partial charge < -0.3 is 10.2 Å². The Kier molecular flexibility index (Phi) is 6.05. The minimum absolute atomic E-state index is 0.204. The molecule has 0 radical (unpaired) electrons. The molecular weight excluding hydrogens is 342 g/mol. The van der Waals surface area contributed by atoms with Gasteiger partial charge in [-0.05, 0) is 49.9 Å². The third-order valence-electron chi connectivity index (χ3n) is 6.25. The molecule has 1 aromatic carbocycles. The van der Waals surface area contributed by atoms with Crippen LogP contribution in [-0.2, 0) is 4.79 Å². The number of anilines is 2. The highest BCUT2D eigenvalue weighted by Crippen LogP contribution is 2.28. The van der Waals surface area contributed by atoms with Gasteiger partial charge in [0.2, 0.25) is 5.91 Å². The smallest absolute Gasteiger partial charge is 0.227 e. The molecule has 1 N–H and O–H groups in total. The Morgan fingerprint density at radius 3 is 2.23 bits per heavy atom. The minimum Gasteiger partial charge on any atom is -0.371 e. The Bertz CT molecular complexity index is 586. The van der Waals surface area contributed by atoms with Gasteiger partial charge in [0.05, 0.1) is 0 Å². The second-order valence-electron chi connectivity index (χ2n) is 7.88. The number of piperidine rings is 1. The van der Waals surface area contributed by atoms with Crippen LogP contribution in [0.15, 0.2) is 24.3 Å². The lowest BCUT2D eigenvalue weighted by atomic mass is 10.0. The number of hydrogen-bond acceptors (Lipinski definition) is 4. The van der Waals surface area contributed by atoms with E-state index < -0.39 is 0 Å². The fourth-order valence-electron chi connectivity index (χ4n) is 4.62. The molecule has 1 amide bonds. The monoisotopic (exact) mass is 373 g/mol. The van der Waals surface area contributed by atoms with Crippen molar-refractivity contribution in [1.29, 1.82) is 0 Å². The van der Waals surface area contributed by atoms with E-state index in [4.69, 9.17) is 0 Å². The summed E-state index contributed by atoms with van der Waals surface area (Å²) in [5.41, 5.74) is 2.22. The molecule has 0 bridgehead atoms. The van der Waals surface area contributed by atoms with E-state index in [9.17, 15) is 4.79 Å². The molecule has 4 nitrogen and oxygen atoms in total. The molecule has 0 spiro atoms. The van der Waals surface area contributed by atoms with Crippen molar-refractivity contribution in [2.75, 3.05) is 47.9 Å². The molecule has 2 heterocycles. The van der Waals surface area contributed by atoms with E-state index in [2.05, 4.69) is 51.1 Å². The molecule has 3 fully saturated rings. The Morgan fingerprint density at radius 1 is 0.923 bits per heavy atom. The standard InChI is InChI=1S/C21H31N3OS/c25-21(17-3-1-2-4-17)22-18-5-7-19(8-6-18)23-11-9-20(10-12-23)24-13-15-26-16-14-24/h5-8,17,20H,1-4,9-16H2,(H,22,25). The minimum atomic E-state index is 0.204. The Morgan fingerprint density at radius 2 is 1.58 bits per heavy atom. The van der Waals surface area contributed by atoms with Crippen LogP contribution in [0.2, 0.25) is 0 Å². The van der Waals surface area contributed by atoms with Crippen LogP contribution in [0.4, 0.5) is 11.4 Å². The predicted octanol–water partition coefficient (Wildman–Crippen LogP) is 3.83. The molecule has 1 aliphatic carbocycles. The van der Waals surface area contributed by atoms with Gasteiger partial charge in [-0.25, -0.2) is 0 Å². The normalized spacial score (nSPS) is 23.3. The van der Waals surface area contributed by atoms with Crippen molar-refractivity contribution in [1.82, 2.24) is 4.90 Å². The van der Waals surface area contributed by atoms with E-state index in [1.165, 1.54) is 56.0 Å². The van der Waals surface area contributed by atoms with E-state index >= 15 is 0 Å². The number of amides is 1. The fraction of sp³-hybridized carbons (Fsp3) is 0.667. The van der Waals surface area contributed by atoms with E-state index in [0.717, 1.165) is 37.7 Å². The van der Waals surface area contributed by atoms with Crippen molar-refractivity contribution < 1.29 is 4.79 Å². The van der Waals surface area contributed by atoms with Crippen molar-refractivity contribution >= 4 is 29.0 Å². The SMILES string of the molecule is O=C(Nc1ccc(N2CCC(N3CCSCC3)CC2)cc1)C1CCCC1. The molecule has 2 aliphatic heterocycles. The Balaban J connectivity index is 1.28. The molecule has 142 valence electrons. The summed E-state index contributed by atoms with van der Waals surface area (Å²) < 4.78 is 0. The maximum absolute atomic E-state index is 12.3. The second kappa shape index (κ2) is 8.66. The quantitative estimate of drug-likeness (QED) is 0.870. The number of carbonyl (C=O) groups excluding carboxylic acids is 1. The van der Waals surface area contributed by atoms with Gasteiger partial charge in [0.15, 0.2) is 0 Å². The summed E-state index contributed by atoms with van der Waals surface area (Å²) in [6.45, 7) is 4.82. The molecule has 0 atom stereocenters. The predicted molar refractivity (Wildman–Crippen MR) is 111 cm³/mol. The highest BCUT2D eigenvalue weighted by Gasteiger charge is 2.26. The van der Waals surface area contributed by atoms with Crippen molar-refractivity contribution in [3.8, 4) is 0 Å². The third-order valence-corrected chi connectivity index (χ3v) is 7.20. The van der Waals surface area contributed by atoms with Gasteiger partial charge in [-0.1, -0.05) is 12.8 Å². The Labute approximate surface area is 161 Å². The summed E-state index contributed by atoms with van der Waals surface area (Å²) >= 11 is 2.09. The van der Waals surface area contributed by atoms with Gasteiger partial charge in [0.1, 0.15) is 0 Å². The summed E-state index contributed by atoms with van der Waals surface area (Å²) in [5, 5.41) is 3.10. The third kappa shape index (κ3) is 4.37. The van der Waals surface area contributed by atoms with Gasteiger partial charge in [0.25, 0.3) is 0 Å². The molecule has 3 aliphatic rings. The summed E-state index contributed by atoms with van der Waals surface area (Å²) in [7, 11) is 0. The molecule has 26 heavy (non-hydrogen) atoms.